The van der Waals surface area contributed by atoms with E-state index in [-0.39, 0.29) is 11.2 Å². The van der Waals surface area contributed by atoms with Crippen LogP contribution < -0.4 is 10.5 Å². The number of hydrogen-bond acceptors (Lipinski definition) is 6. The number of ether oxygens (including phenoxy) is 1. The van der Waals surface area contributed by atoms with Crippen molar-refractivity contribution in [1.29, 1.82) is 0 Å². The summed E-state index contributed by atoms with van der Waals surface area (Å²) in [6, 6.07) is 1.95. The fourth-order valence-corrected chi connectivity index (χ4v) is 2.42. The molecule has 0 amide bonds. The number of anilines is 1. The molecule has 0 aromatic carbocycles. The van der Waals surface area contributed by atoms with Crippen molar-refractivity contribution in [3.8, 4) is 0 Å². The Balaban J connectivity index is 1.81. The zero-order valence-corrected chi connectivity index (χ0v) is 13.1. The third kappa shape index (κ3) is 2.77. The van der Waals surface area contributed by atoms with E-state index < -0.39 is 7.12 Å². The summed E-state index contributed by atoms with van der Waals surface area (Å²) in [5.74, 6) is 0.901. The van der Waals surface area contributed by atoms with E-state index in [0.29, 0.717) is 0 Å². The predicted molar refractivity (Wildman–Crippen MR) is 80.8 cm³/mol. The summed E-state index contributed by atoms with van der Waals surface area (Å²) < 4.78 is 17.4. The minimum Gasteiger partial charge on any atom is -0.398 e. The van der Waals surface area contributed by atoms with Gasteiger partial charge in [0.05, 0.1) is 30.0 Å². The van der Waals surface area contributed by atoms with E-state index in [0.717, 1.165) is 37.7 Å². The van der Waals surface area contributed by atoms with Gasteiger partial charge in [0.1, 0.15) is 12.1 Å². The lowest BCUT2D eigenvalue weighted by Gasteiger charge is -2.32. The summed E-state index contributed by atoms with van der Waals surface area (Å²) in [5, 5.41) is 0. The van der Waals surface area contributed by atoms with Gasteiger partial charge in [-0.3, -0.25) is 0 Å². The molecule has 0 N–H and O–H groups in total. The fraction of sp³-hybridized carbons (Fsp3) is 0.714. The molecular weight excluding hydrogens is 269 g/mol. The Bertz CT molecular complexity index is 502. The van der Waals surface area contributed by atoms with Crippen LogP contribution in [0.2, 0.25) is 0 Å². The first kappa shape index (κ1) is 14.7. The summed E-state index contributed by atoms with van der Waals surface area (Å²) >= 11 is 0. The van der Waals surface area contributed by atoms with Crippen molar-refractivity contribution in [2.75, 3.05) is 31.2 Å². The summed E-state index contributed by atoms with van der Waals surface area (Å²) in [7, 11) is -0.446. The van der Waals surface area contributed by atoms with Gasteiger partial charge in [-0.25, -0.2) is 9.97 Å². The Kier molecular flexibility index (Phi) is 3.67. The first-order valence-corrected chi connectivity index (χ1v) is 7.39. The highest BCUT2D eigenvalue weighted by Gasteiger charge is 2.52. The van der Waals surface area contributed by atoms with Gasteiger partial charge in [0, 0.05) is 13.1 Å². The van der Waals surface area contributed by atoms with E-state index in [1.54, 1.807) is 6.33 Å². The second-order valence-electron chi connectivity index (χ2n) is 6.49. The number of rotatable bonds is 2. The number of morpholine rings is 1. The van der Waals surface area contributed by atoms with Crippen molar-refractivity contribution in [2.24, 2.45) is 0 Å². The maximum Gasteiger partial charge on any atom is 0.514 e. The zero-order chi connectivity index (χ0) is 15.1. The van der Waals surface area contributed by atoms with E-state index in [1.807, 2.05) is 33.8 Å². The molecule has 7 heteroatoms. The average molecular weight is 291 g/mol. The molecule has 3 heterocycles. The van der Waals surface area contributed by atoms with Crippen LogP contribution in [0.5, 0.6) is 0 Å². The van der Waals surface area contributed by atoms with E-state index in [2.05, 4.69) is 14.9 Å². The molecule has 0 spiro atoms. The van der Waals surface area contributed by atoms with Crippen LogP contribution in [0.1, 0.15) is 27.7 Å². The molecule has 2 aliphatic rings. The molecule has 1 aromatic rings. The lowest BCUT2D eigenvalue weighted by Crippen LogP contribution is -2.41. The first-order chi connectivity index (χ1) is 9.89. The van der Waals surface area contributed by atoms with Crippen LogP contribution in [0.4, 0.5) is 5.82 Å². The van der Waals surface area contributed by atoms with E-state index >= 15 is 0 Å². The number of aromatic nitrogens is 2. The minimum absolute atomic E-state index is 0.359. The summed E-state index contributed by atoms with van der Waals surface area (Å²) in [5.41, 5.74) is 0.0499. The van der Waals surface area contributed by atoms with Crippen molar-refractivity contribution in [3.05, 3.63) is 12.4 Å². The summed E-state index contributed by atoms with van der Waals surface area (Å²) in [6.07, 6.45) is 1.57. The largest absolute Gasteiger partial charge is 0.514 e. The molecule has 0 bridgehead atoms. The highest BCUT2D eigenvalue weighted by Crippen LogP contribution is 2.36. The third-order valence-electron chi connectivity index (χ3n) is 4.50. The third-order valence-corrected chi connectivity index (χ3v) is 4.50. The second kappa shape index (κ2) is 5.23. The molecule has 2 aliphatic heterocycles. The van der Waals surface area contributed by atoms with E-state index in [4.69, 9.17) is 14.0 Å². The summed E-state index contributed by atoms with van der Waals surface area (Å²) in [6.45, 7) is 11.3. The van der Waals surface area contributed by atoms with Crippen LogP contribution in [0.3, 0.4) is 0 Å². The van der Waals surface area contributed by atoms with E-state index in [9.17, 15) is 0 Å². The highest BCUT2D eigenvalue weighted by atomic mass is 16.7. The number of nitrogens with zero attached hydrogens (tertiary/aromatic N) is 3. The molecule has 0 saturated carbocycles. The van der Waals surface area contributed by atoms with Crippen LogP contribution in [-0.4, -0.2) is 54.6 Å². The topological polar surface area (TPSA) is 56.7 Å². The zero-order valence-electron chi connectivity index (χ0n) is 13.1. The molecule has 114 valence electrons. The first-order valence-electron chi connectivity index (χ1n) is 7.39. The van der Waals surface area contributed by atoms with E-state index in [1.165, 1.54) is 0 Å². The Morgan fingerprint density at radius 3 is 2.29 bits per heavy atom. The van der Waals surface area contributed by atoms with Gasteiger partial charge in [0.15, 0.2) is 0 Å². The number of hydrogen-bond donors (Lipinski definition) is 0. The van der Waals surface area contributed by atoms with Gasteiger partial charge in [-0.15, -0.1) is 0 Å². The van der Waals surface area contributed by atoms with Crippen molar-refractivity contribution in [1.82, 2.24) is 9.97 Å². The molecule has 21 heavy (non-hydrogen) atoms. The molecule has 6 nitrogen and oxygen atoms in total. The standard InChI is InChI=1S/C14H22BN3O3/c1-13(2)14(3,4)21-15(20-13)11-9-12(17-10-16-11)18-5-7-19-8-6-18/h9-10H,5-8H2,1-4H3. The van der Waals surface area contributed by atoms with Crippen molar-refractivity contribution >= 4 is 18.5 Å². The minimum atomic E-state index is -0.446. The Morgan fingerprint density at radius 2 is 1.67 bits per heavy atom. The van der Waals surface area contributed by atoms with Crippen LogP contribution in [-0.2, 0) is 14.0 Å². The molecule has 0 atom stereocenters. The van der Waals surface area contributed by atoms with Gasteiger partial charge in [0.25, 0.3) is 0 Å². The molecular formula is C14H22BN3O3. The maximum absolute atomic E-state index is 6.04. The Morgan fingerprint density at radius 1 is 1.05 bits per heavy atom. The molecule has 3 rings (SSSR count). The van der Waals surface area contributed by atoms with Gasteiger partial charge in [-0.05, 0) is 33.8 Å². The predicted octanol–water partition coefficient (Wildman–Crippen LogP) is 0.612. The van der Waals surface area contributed by atoms with Gasteiger partial charge in [-0.2, -0.15) is 0 Å². The highest BCUT2D eigenvalue weighted by molar-refractivity contribution is 6.61. The van der Waals surface area contributed by atoms with Crippen molar-refractivity contribution < 1.29 is 14.0 Å². The van der Waals surface area contributed by atoms with Gasteiger partial charge in [-0.1, -0.05) is 0 Å². The molecule has 0 unspecified atom stereocenters. The Labute approximate surface area is 126 Å². The molecule has 0 radical (unpaired) electrons. The molecule has 2 saturated heterocycles. The van der Waals surface area contributed by atoms with Crippen molar-refractivity contribution in [2.45, 2.75) is 38.9 Å². The summed E-state index contributed by atoms with van der Waals surface area (Å²) in [4.78, 5) is 10.9. The monoisotopic (exact) mass is 291 g/mol. The lowest BCUT2D eigenvalue weighted by molar-refractivity contribution is 0.00578. The Hall–Kier alpha value is -1.18. The molecule has 2 fully saturated rings. The molecule has 1 aromatic heterocycles. The molecule has 0 aliphatic carbocycles. The van der Waals surface area contributed by atoms with Gasteiger partial charge < -0.3 is 18.9 Å². The average Bonchev–Trinajstić information content (AvgIpc) is 2.69. The van der Waals surface area contributed by atoms with Crippen LogP contribution in [0, 0.1) is 0 Å². The van der Waals surface area contributed by atoms with Crippen LogP contribution in [0.25, 0.3) is 0 Å². The normalized spacial score (nSPS) is 24.4. The second-order valence-corrected chi connectivity index (χ2v) is 6.49. The fourth-order valence-electron chi connectivity index (χ4n) is 2.42. The smallest absolute Gasteiger partial charge is 0.398 e. The lowest BCUT2D eigenvalue weighted by atomic mass is 9.84. The van der Waals surface area contributed by atoms with Crippen molar-refractivity contribution in [3.63, 3.8) is 0 Å². The maximum atomic E-state index is 6.04. The van der Waals surface area contributed by atoms with Gasteiger partial charge in [0.2, 0.25) is 0 Å². The van der Waals surface area contributed by atoms with Crippen LogP contribution >= 0.6 is 0 Å². The SMILES string of the molecule is CC1(C)OB(c2cc(N3CCOCC3)ncn2)OC1(C)C. The quantitative estimate of drug-likeness (QED) is 0.744. The van der Waals surface area contributed by atoms with Crippen LogP contribution in [0.15, 0.2) is 12.4 Å². The van der Waals surface area contributed by atoms with Gasteiger partial charge >= 0.3 is 7.12 Å².